The Morgan fingerprint density at radius 3 is 2.67 bits per heavy atom. The number of alkyl halides is 2. The van der Waals surface area contributed by atoms with Gasteiger partial charge < -0.3 is 0 Å². The number of halogens is 2. The van der Waals surface area contributed by atoms with Gasteiger partial charge in [0.15, 0.2) is 0 Å². The highest BCUT2D eigenvalue weighted by molar-refractivity contribution is 9.24. The molecule has 0 amide bonds. The van der Waals surface area contributed by atoms with Crippen LogP contribution in [-0.2, 0) is 0 Å². The Morgan fingerprint density at radius 1 is 1.58 bits per heavy atom. The van der Waals surface area contributed by atoms with Gasteiger partial charge in [-0.15, -0.1) is 0 Å². The molecule has 0 N–H and O–H groups in total. The summed E-state index contributed by atoms with van der Waals surface area (Å²) in [5.74, 6) is 0. The first kappa shape index (κ1) is 9.60. The van der Waals surface area contributed by atoms with Crippen LogP contribution in [0.15, 0.2) is 18.3 Å². The summed E-state index contributed by atoms with van der Waals surface area (Å²) in [5.41, 5.74) is 0.388. The third-order valence-corrected chi connectivity index (χ3v) is 2.09. The summed E-state index contributed by atoms with van der Waals surface area (Å²) in [6, 6.07) is 2.95. The van der Waals surface area contributed by atoms with E-state index >= 15 is 0 Å². The molecule has 4 nitrogen and oxygen atoms in total. The van der Waals surface area contributed by atoms with Crippen LogP contribution in [0, 0.1) is 10.1 Å². The van der Waals surface area contributed by atoms with Crippen molar-refractivity contribution in [3.8, 4) is 0 Å². The molecule has 0 radical (unpaired) electrons. The van der Waals surface area contributed by atoms with Crippen LogP contribution in [0.5, 0.6) is 0 Å². The molecule has 0 bridgehead atoms. The largest absolute Gasteiger partial charge is 0.292 e. The SMILES string of the molecule is O=[N+]([O-])c1cccnc1C(Br)Br. The van der Waals surface area contributed by atoms with Gasteiger partial charge in [0.05, 0.1) is 4.92 Å². The van der Waals surface area contributed by atoms with Gasteiger partial charge in [-0.2, -0.15) is 0 Å². The number of nitro groups is 1. The molecule has 1 aromatic heterocycles. The lowest BCUT2D eigenvalue weighted by Crippen LogP contribution is -1.96. The topological polar surface area (TPSA) is 56.0 Å². The molecule has 0 aromatic carbocycles. The Balaban J connectivity index is 3.17. The molecule has 0 saturated carbocycles. The predicted octanol–water partition coefficient (Wildman–Crippen LogP) is 2.78. The molecule has 0 aliphatic heterocycles. The van der Waals surface area contributed by atoms with E-state index in [9.17, 15) is 10.1 Å². The van der Waals surface area contributed by atoms with Crippen molar-refractivity contribution in [2.45, 2.75) is 3.74 Å². The zero-order valence-electron chi connectivity index (χ0n) is 5.78. The van der Waals surface area contributed by atoms with Crippen molar-refractivity contribution in [2.24, 2.45) is 0 Å². The molecule has 6 heteroatoms. The van der Waals surface area contributed by atoms with Gasteiger partial charge in [0.2, 0.25) is 0 Å². The monoisotopic (exact) mass is 294 g/mol. The fourth-order valence-corrected chi connectivity index (χ4v) is 1.44. The Hall–Kier alpha value is -0.490. The maximum Gasteiger partial charge on any atom is 0.292 e. The van der Waals surface area contributed by atoms with E-state index in [-0.39, 0.29) is 9.42 Å². The van der Waals surface area contributed by atoms with Crippen molar-refractivity contribution >= 4 is 37.5 Å². The average molecular weight is 296 g/mol. The standard InChI is InChI=1S/C6H4Br2N2O2/c7-6(8)5-4(10(11)12)2-1-3-9-5/h1-3,6H. The van der Waals surface area contributed by atoms with E-state index in [2.05, 4.69) is 36.8 Å². The number of aromatic nitrogens is 1. The summed E-state index contributed by atoms with van der Waals surface area (Å²) in [6.45, 7) is 0. The molecular weight excluding hydrogens is 292 g/mol. The Labute approximate surface area is 85.4 Å². The van der Waals surface area contributed by atoms with Crippen LogP contribution in [0.1, 0.15) is 9.43 Å². The van der Waals surface area contributed by atoms with Gasteiger partial charge >= 0.3 is 0 Å². The lowest BCUT2D eigenvalue weighted by molar-refractivity contribution is -0.385. The number of pyridine rings is 1. The molecule has 0 saturated heterocycles. The molecule has 1 heterocycles. The fraction of sp³-hybridized carbons (Fsp3) is 0.167. The molecule has 0 aliphatic carbocycles. The minimum absolute atomic E-state index is 0.0104. The summed E-state index contributed by atoms with van der Waals surface area (Å²) in [7, 11) is 0. The first-order chi connectivity index (χ1) is 5.63. The Kier molecular flexibility index (Phi) is 3.16. The van der Waals surface area contributed by atoms with E-state index in [4.69, 9.17) is 0 Å². The number of nitrogens with zero attached hydrogens (tertiary/aromatic N) is 2. The van der Waals surface area contributed by atoms with Crippen LogP contribution >= 0.6 is 31.9 Å². The van der Waals surface area contributed by atoms with E-state index in [0.29, 0.717) is 5.69 Å². The second-order valence-electron chi connectivity index (χ2n) is 1.97. The summed E-state index contributed by atoms with van der Waals surface area (Å²) in [5, 5.41) is 10.5. The molecule has 0 aliphatic rings. The van der Waals surface area contributed by atoms with E-state index in [1.807, 2.05) is 0 Å². The first-order valence-corrected chi connectivity index (χ1v) is 4.83. The first-order valence-electron chi connectivity index (χ1n) is 3.00. The molecular formula is C6H4Br2N2O2. The smallest absolute Gasteiger partial charge is 0.258 e. The van der Waals surface area contributed by atoms with Gasteiger partial charge in [-0.25, -0.2) is 0 Å². The summed E-state index contributed by atoms with van der Waals surface area (Å²) in [4.78, 5) is 13.9. The van der Waals surface area contributed by atoms with Gasteiger partial charge in [0.1, 0.15) is 9.43 Å². The molecule has 0 unspecified atom stereocenters. The van der Waals surface area contributed by atoms with Crippen LogP contribution < -0.4 is 0 Å². The van der Waals surface area contributed by atoms with E-state index in [1.54, 1.807) is 0 Å². The number of hydrogen-bond donors (Lipinski definition) is 0. The lowest BCUT2D eigenvalue weighted by atomic mass is 10.3. The van der Waals surface area contributed by atoms with Crippen LogP contribution in [0.4, 0.5) is 5.69 Å². The van der Waals surface area contributed by atoms with Crippen molar-refractivity contribution in [3.63, 3.8) is 0 Å². The van der Waals surface area contributed by atoms with Gasteiger partial charge in [-0.3, -0.25) is 15.1 Å². The normalized spacial score (nSPS) is 10.2. The van der Waals surface area contributed by atoms with E-state index in [1.165, 1.54) is 18.3 Å². The molecule has 0 spiro atoms. The van der Waals surface area contributed by atoms with E-state index < -0.39 is 4.92 Å². The zero-order valence-corrected chi connectivity index (χ0v) is 8.95. The summed E-state index contributed by atoms with van der Waals surface area (Å²) in [6.07, 6.45) is 1.51. The highest BCUT2D eigenvalue weighted by Crippen LogP contribution is 2.33. The molecule has 64 valence electrons. The highest BCUT2D eigenvalue weighted by Gasteiger charge is 2.18. The summed E-state index contributed by atoms with van der Waals surface area (Å²) >= 11 is 6.30. The van der Waals surface area contributed by atoms with Crippen molar-refractivity contribution < 1.29 is 4.92 Å². The van der Waals surface area contributed by atoms with Gasteiger partial charge in [-0.1, -0.05) is 31.9 Å². The van der Waals surface area contributed by atoms with Crippen molar-refractivity contribution in [2.75, 3.05) is 0 Å². The average Bonchev–Trinajstić information content (AvgIpc) is 2.04. The van der Waals surface area contributed by atoms with Gasteiger partial charge in [0.25, 0.3) is 5.69 Å². The predicted molar refractivity (Wildman–Crippen MR) is 51.5 cm³/mol. The van der Waals surface area contributed by atoms with E-state index in [0.717, 1.165) is 0 Å². The fourth-order valence-electron chi connectivity index (χ4n) is 0.732. The minimum Gasteiger partial charge on any atom is -0.258 e. The van der Waals surface area contributed by atoms with Crippen LogP contribution in [0.3, 0.4) is 0 Å². The maximum atomic E-state index is 10.5. The Morgan fingerprint density at radius 2 is 2.25 bits per heavy atom. The second-order valence-corrected chi connectivity index (χ2v) is 5.03. The molecule has 0 atom stereocenters. The second kappa shape index (κ2) is 3.95. The number of rotatable bonds is 2. The number of hydrogen-bond acceptors (Lipinski definition) is 3. The third-order valence-electron chi connectivity index (χ3n) is 1.22. The summed E-state index contributed by atoms with van der Waals surface area (Å²) < 4.78 is -0.286. The van der Waals surface area contributed by atoms with Crippen molar-refractivity contribution in [1.82, 2.24) is 4.98 Å². The quantitative estimate of drug-likeness (QED) is 0.479. The van der Waals surface area contributed by atoms with Crippen LogP contribution in [0.2, 0.25) is 0 Å². The van der Waals surface area contributed by atoms with Gasteiger partial charge in [-0.05, 0) is 6.07 Å². The minimum atomic E-state index is -0.460. The third kappa shape index (κ3) is 2.01. The Bertz CT molecular complexity index is 303. The molecule has 0 fully saturated rings. The molecule has 1 rings (SSSR count). The van der Waals surface area contributed by atoms with Crippen molar-refractivity contribution in [1.29, 1.82) is 0 Å². The zero-order chi connectivity index (χ0) is 9.14. The van der Waals surface area contributed by atoms with Gasteiger partial charge in [0, 0.05) is 12.3 Å². The van der Waals surface area contributed by atoms with Crippen LogP contribution in [0.25, 0.3) is 0 Å². The maximum absolute atomic E-state index is 10.5. The highest BCUT2D eigenvalue weighted by atomic mass is 79.9. The molecule has 1 aromatic rings. The van der Waals surface area contributed by atoms with Crippen LogP contribution in [-0.4, -0.2) is 9.91 Å². The lowest BCUT2D eigenvalue weighted by Gasteiger charge is -2.00. The van der Waals surface area contributed by atoms with Crippen molar-refractivity contribution in [3.05, 3.63) is 34.1 Å². The molecule has 12 heavy (non-hydrogen) atoms.